The average molecular weight is 443 g/mol. The van der Waals surface area contributed by atoms with Crippen LogP contribution < -0.4 is 10.3 Å². The van der Waals surface area contributed by atoms with Gasteiger partial charge in [0.05, 0.1) is 15.9 Å². The number of anilines is 1. The Morgan fingerprint density at radius 3 is 2.45 bits per heavy atom. The molecule has 2 aliphatic rings. The Labute approximate surface area is 180 Å². The van der Waals surface area contributed by atoms with Gasteiger partial charge in [0.25, 0.3) is 0 Å². The van der Waals surface area contributed by atoms with Gasteiger partial charge in [-0.3, -0.25) is 4.79 Å². The van der Waals surface area contributed by atoms with Crippen LogP contribution in [0, 0.1) is 11.6 Å². The van der Waals surface area contributed by atoms with Crippen molar-refractivity contribution in [2.75, 3.05) is 38.1 Å². The summed E-state index contributed by atoms with van der Waals surface area (Å²) >= 11 is 1.19. The number of rotatable bonds is 3. The fourth-order valence-electron chi connectivity index (χ4n) is 4.25. The van der Waals surface area contributed by atoms with Crippen molar-refractivity contribution in [2.45, 2.75) is 10.4 Å². The molecule has 1 atom stereocenters. The standard InChI is InChI=1S/C22H19F2N3O3S/c1-25-7-9-26(10-8-25)18-14(23)11-13-17(16(18)24)27-20(12-5-3-2-4-6-12)31-21(27)15(19(13)28)22(29)30/h2-6,11,20H,7-10H2,1H3,(H,29,30). The molecule has 0 bridgehead atoms. The molecule has 0 amide bonds. The lowest BCUT2D eigenvalue weighted by atomic mass is 10.1. The highest BCUT2D eigenvalue weighted by molar-refractivity contribution is 8.00. The molecule has 0 spiro atoms. The zero-order chi connectivity index (χ0) is 21.9. The Morgan fingerprint density at radius 1 is 1.13 bits per heavy atom. The minimum atomic E-state index is -1.40. The van der Waals surface area contributed by atoms with E-state index in [1.54, 1.807) is 4.90 Å². The average Bonchev–Trinajstić information content (AvgIpc) is 2.73. The van der Waals surface area contributed by atoms with Crippen LogP contribution in [-0.4, -0.2) is 53.8 Å². The van der Waals surface area contributed by atoms with Crippen molar-refractivity contribution >= 4 is 34.3 Å². The highest BCUT2D eigenvalue weighted by Crippen LogP contribution is 2.51. The SMILES string of the molecule is CN1CCN(c2c(F)cc3c(=O)c(C(=O)O)c4n(c3c2F)C(c2ccccc2)S4)CC1. The number of nitrogens with zero attached hydrogens (tertiary/aromatic N) is 3. The number of thioether (sulfide) groups is 1. The summed E-state index contributed by atoms with van der Waals surface area (Å²) in [6.07, 6.45) is 0. The number of hydrogen-bond acceptors (Lipinski definition) is 5. The number of likely N-dealkylation sites (N-methyl/N-ethyl adjacent to an activating group) is 1. The summed E-state index contributed by atoms with van der Waals surface area (Å²) in [6.45, 7) is 2.23. The van der Waals surface area contributed by atoms with Crippen LogP contribution in [0.4, 0.5) is 14.5 Å². The van der Waals surface area contributed by atoms with Gasteiger partial charge >= 0.3 is 5.97 Å². The highest BCUT2D eigenvalue weighted by Gasteiger charge is 2.38. The van der Waals surface area contributed by atoms with E-state index in [0.29, 0.717) is 26.2 Å². The summed E-state index contributed by atoms with van der Waals surface area (Å²) in [6, 6.07) is 10.2. The van der Waals surface area contributed by atoms with Gasteiger partial charge in [0.1, 0.15) is 22.4 Å². The molecule has 1 fully saturated rings. The van der Waals surface area contributed by atoms with E-state index >= 15 is 8.78 Å². The maximum absolute atomic E-state index is 15.9. The monoisotopic (exact) mass is 443 g/mol. The zero-order valence-electron chi connectivity index (χ0n) is 16.6. The topological polar surface area (TPSA) is 65.8 Å². The lowest BCUT2D eigenvalue weighted by Crippen LogP contribution is -2.45. The van der Waals surface area contributed by atoms with Gasteiger partial charge in [-0.15, -0.1) is 0 Å². The first-order chi connectivity index (χ1) is 14.9. The van der Waals surface area contributed by atoms with Crippen molar-refractivity contribution in [3.05, 3.63) is 69.4 Å². The number of benzene rings is 2. The lowest BCUT2D eigenvalue weighted by Gasteiger charge is -2.37. The fourth-order valence-corrected chi connectivity index (χ4v) is 5.52. The number of aromatic carboxylic acids is 1. The normalized spacial score (nSPS) is 18.7. The largest absolute Gasteiger partial charge is 0.477 e. The number of carbonyl (C=O) groups is 1. The van der Waals surface area contributed by atoms with Crippen molar-refractivity contribution < 1.29 is 18.7 Å². The van der Waals surface area contributed by atoms with Crippen LogP contribution in [0.1, 0.15) is 21.3 Å². The number of aromatic nitrogens is 1. The van der Waals surface area contributed by atoms with Crippen molar-refractivity contribution in [3.63, 3.8) is 0 Å². The third-order valence-electron chi connectivity index (χ3n) is 5.89. The molecule has 1 saturated heterocycles. The Morgan fingerprint density at radius 2 is 1.81 bits per heavy atom. The molecule has 160 valence electrons. The Kier molecular flexibility index (Phi) is 4.75. The predicted octanol–water partition coefficient (Wildman–Crippen LogP) is 3.38. The molecule has 0 aliphatic carbocycles. The van der Waals surface area contributed by atoms with Crippen molar-refractivity contribution in [1.29, 1.82) is 0 Å². The highest BCUT2D eigenvalue weighted by atomic mass is 32.2. The van der Waals surface area contributed by atoms with Gasteiger partial charge in [-0.1, -0.05) is 42.1 Å². The molecule has 1 aromatic heterocycles. The van der Waals surface area contributed by atoms with Crippen LogP contribution in [0.25, 0.3) is 10.9 Å². The van der Waals surface area contributed by atoms with E-state index in [2.05, 4.69) is 4.90 Å². The Hall–Kier alpha value is -2.91. The van der Waals surface area contributed by atoms with Gasteiger partial charge in [-0.25, -0.2) is 13.6 Å². The van der Waals surface area contributed by atoms with E-state index in [1.807, 2.05) is 37.4 Å². The number of carboxylic acids is 1. The van der Waals surface area contributed by atoms with E-state index in [0.717, 1.165) is 11.6 Å². The Bertz CT molecular complexity index is 1270. The molecule has 2 aromatic carbocycles. The molecule has 3 aromatic rings. The molecule has 2 aliphatic heterocycles. The van der Waals surface area contributed by atoms with Crippen LogP contribution in [0.2, 0.25) is 0 Å². The van der Waals surface area contributed by atoms with Crippen molar-refractivity contribution in [3.8, 4) is 0 Å². The first-order valence-electron chi connectivity index (χ1n) is 9.87. The lowest BCUT2D eigenvalue weighted by molar-refractivity contribution is 0.0689. The van der Waals surface area contributed by atoms with Crippen LogP contribution >= 0.6 is 11.8 Å². The van der Waals surface area contributed by atoms with Gasteiger partial charge in [0.2, 0.25) is 5.43 Å². The minimum Gasteiger partial charge on any atom is -0.477 e. The molecule has 6 nitrogen and oxygen atoms in total. The molecule has 9 heteroatoms. The van der Waals surface area contributed by atoms with Crippen LogP contribution in [-0.2, 0) is 0 Å². The molecular weight excluding hydrogens is 424 g/mol. The van der Waals surface area contributed by atoms with Gasteiger partial charge in [0, 0.05) is 26.2 Å². The number of piperazine rings is 1. The second kappa shape index (κ2) is 7.35. The van der Waals surface area contributed by atoms with Gasteiger partial charge in [-0.2, -0.15) is 0 Å². The third kappa shape index (κ3) is 3.02. The number of carboxylic acid groups (broad SMARTS) is 1. The van der Waals surface area contributed by atoms with E-state index in [4.69, 9.17) is 0 Å². The van der Waals surface area contributed by atoms with E-state index < -0.39 is 34.0 Å². The number of fused-ring (bicyclic) bond motifs is 3. The predicted molar refractivity (Wildman–Crippen MR) is 115 cm³/mol. The minimum absolute atomic E-state index is 0.0482. The first kappa shape index (κ1) is 20.0. The summed E-state index contributed by atoms with van der Waals surface area (Å²) in [4.78, 5) is 28.4. The summed E-state index contributed by atoms with van der Waals surface area (Å²) in [5.74, 6) is -3.08. The number of pyridine rings is 1. The fraction of sp³-hybridized carbons (Fsp3) is 0.273. The van der Waals surface area contributed by atoms with Gasteiger partial charge in [0.15, 0.2) is 5.82 Å². The number of halogens is 2. The third-order valence-corrected chi connectivity index (χ3v) is 7.22. The zero-order valence-corrected chi connectivity index (χ0v) is 17.5. The Balaban J connectivity index is 1.79. The molecule has 31 heavy (non-hydrogen) atoms. The molecule has 3 heterocycles. The van der Waals surface area contributed by atoms with Gasteiger partial charge in [-0.05, 0) is 18.7 Å². The smallest absolute Gasteiger partial charge is 0.342 e. The van der Waals surface area contributed by atoms with Crippen LogP contribution in [0.15, 0.2) is 46.2 Å². The van der Waals surface area contributed by atoms with Gasteiger partial charge < -0.3 is 19.5 Å². The second-order valence-electron chi connectivity index (χ2n) is 7.77. The molecule has 1 N–H and O–H groups in total. The maximum atomic E-state index is 15.9. The molecule has 5 rings (SSSR count). The number of hydrogen-bond donors (Lipinski definition) is 1. The van der Waals surface area contributed by atoms with Crippen LogP contribution in [0.3, 0.4) is 0 Å². The van der Waals surface area contributed by atoms with Crippen molar-refractivity contribution in [1.82, 2.24) is 9.47 Å². The van der Waals surface area contributed by atoms with E-state index in [9.17, 15) is 14.7 Å². The molecule has 1 unspecified atom stereocenters. The maximum Gasteiger partial charge on any atom is 0.342 e. The molecule has 0 radical (unpaired) electrons. The molecular formula is C22H19F2N3O3S. The summed E-state index contributed by atoms with van der Waals surface area (Å²) < 4.78 is 32.4. The summed E-state index contributed by atoms with van der Waals surface area (Å²) in [5.41, 5.74) is -0.688. The quantitative estimate of drug-likeness (QED) is 0.670. The van der Waals surface area contributed by atoms with Crippen LogP contribution in [0.5, 0.6) is 0 Å². The summed E-state index contributed by atoms with van der Waals surface area (Å²) in [7, 11) is 1.95. The second-order valence-corrected chi connectivity index (χ2v) is 8.84. The first-order valence-corrected chi connectivity index (χ1v) is 10.7. The van der Waals surface area contributed by atoms with E-state index in [1.165, 1.54) is 16.3 Å². The molecule has 0 saturated carbocycles. The summed E-state index contributed by atoms with van der Waals surface area (Å²) in [5, 5.41) is 9.15. The van der Waals surface area contributed by atoms with Crippen molar-refractivity contribution in [2.24, 2.45) is 0 Å². The van der Waals surface area contributed by atoms with E-state index in [-0.39, 0.29) is 21.6 Å².